The summed E-state index contributed by atoms with van der Waals surface area (Å²) in [6.45, 7) is 0. The van der Waals surface area contributed by atoms with Crippen LogP contribution in [0.1, 0.15) is 0 Å². The van der Waals surface area contributed by atoms with Crippen molar-refractivity contribution in [2.24, 2.45) is 5.92 Å². The van der Waals surface area contributed by atoms with Crippen molar-refractivity contribution >= 4 is 62.7 Å². The first-order chi connectivity index (χ1) is 6.75. The number of esters is 2. The molecule has 0 aliphatic heterocycles. The maximum Gasteiger partial charge on any atom is 0.320 e. The molecule has 0 heterocycles. The summed E-state index contributed by atoms with van der Waals surface area (Å²) in [5, 5.41) is 0. The number of halogens is 4. The van der Waals surface area contributed by atoms with Crippen LogP contribution >= 0.6 is 50.7 Å². The van der Waals surface area contributed by atoms with Crippen molar-refractivity contribution < 1.29 is 19.1 Å². The molecule has 2 atom stereocenters. The maximum absolute atomic E-state index is 11.3. The number of alkyl halides is 4. The van der Waals surface area contributed by atoms with E-state index in [1.165, 1.54) is 0 Å². The van der Waals surface area contributed by atoms with Gasteiger partial charge in [-0.2, -0.15) is 0 Å². The second-order valence-corrected chi connectivity index (χ2v) is 5.82. The molecule has 0 N–H and O–H groups in total. The Labute approximate surface area is 110 Å². The summed E-state index contributed by atoms with van der Waals surface area (Å²) >= 11 is 19.6. The fourth-order valence-electron chi connectivity index (χ4n) is 0.795. The van der Waals surface area contributed by atoms with Crippen LogP contribution in [0.5, 0.6) is 0 Å². The molecule has 15 heavy (non-hydrogen) atoms. The van der Waals surface area contributed by atoms with Gasteiger partial charge in [0.1, 0.15) is 10.7 Å². The number of hydrogen-bond acceptors (Lipinski definition) is 4. The summed E-state index contributed by atoms with van der Waals surface area (Å²) < 4.78 is 6.88. The van der Waals surface area contributed by atoms with Gasteiger partial charge in [0.25, 0.3) is 0 Å². The Hall–Kier alpha value is 0.290. The molecule has 0 rings (SSSR count). The largest absolute Gasteiger partial charge is 0.469 e. The van der Waals surface area contributed by atoms with E-state index in [2.05, 4.69) is 25.4 Å². The molecule has 0 bridgehead atoms. The molecular weight excluding hydrogens is 334 g/mol. The van der Waals surface area contributed by atoms with Crippen molar-refractivity contribution in [3.63, 3.8) is 0 Å². The van der Waals surface area contributed by atoms with Crippen molar-refractivity contribution in [1.29, 1.82) is 0 Å². The molecule has 0 fully saturated rings. The molecule has 0 saturated carbocycles. The Bertz CT molecular complexity index is 253. The van der Waals surface area contributed by atoms with Crippen LogP contribution in [-0.2, 0) is 19.1 Å². The predicted octanol–water partition coefficient (Wildman–Crippen LogP) is 2.08. The first kappa shape index (κ1) is 15.3. The van der Waals surface area contributed by atoms with Crippen LogP contribution in [-0.4, -0.2) is 34.8 Å². The zero-order valence-corrected chi connectivity index (χ0v) is 11.7. The first-order valence-corrected chi connectivity index (χ1v) is 5.67. The number of carbonyl (C=O) groups excluding carboxylic acids is 2. The van der Waals surface area contributed by atoms with E-state index in [1.807, 2.05) is 0 Å². The average Bonchev–Trinajstić information content (AvgIpc) is 2.14. The summed E-state index contributed by atoms with van der Waals surface area (Å²) in [4.78, 5) is 21.4. The molecule has 0 unspecified atom stereocenters. The van der Waals surface area contributed by atoms with Gasteiger partial charge in [-0.05, 0) is 0 Å². The smallest absolute Gasteiger partial charge is 0.320 e. The summed E-state index contributed by atoms with van der Waals surface area (Å²) in [5.74, 6) is -2.82. The lowest BCUT2D eigenvalue weighted by Crippen LogP contribution is -2.40. The van der Waals surface area contributed by atoms with Crippen LogP contribution < -0.4 is 0 Å². The van der Waals surface area contributed by atoms with Gasteiger partial charge >= 0.3 is 11.9 Å². The number of methoxy groups -OCH3 is 2. The van der Waals surface area contributed by atoms with Crippen LogP contribution in [0, 0.1) is 5.92 Å². The predicted molar refractivity (Wildman–Crippen MR) is 60.5 cm³/mol. The number of rotatable bonds is 3. The first-order valence-electron chi connectivity index (χ1n) is 3.62. The summed E-state index contributed by atoms with van der Waals surface area (Å²) in [5.41, 5.74) is 0. The van der Waals surface area contributed by atoms with Gasteiger partial charge in [-0.25, -0.2) is 0 Å². The van der Waals surface area contributed by atoms with Crippen LogP contribution in [0.3, 0.4) is 0 Å². The Morgan fingerprint density at radius 3 is 1.80 bits per heavy atom. The van der Waals surface area contributed by atoms with Crippen LogP contribution in [0.2, 0.25) is 0 Å². The SMILES string of the molecule is COC(=O)[C@@H](Br)[C@H](C(=O)OC)C(Cl)(Cl)Cl. The van der Waals surface area contributed by atoms with Gasteiger partial charge < -0.3 is 9.47 Å². The van der Waals surface area contributed by atoms with E-state index in [4.69, 9.17) is 34.8 Å². The average molecular weight is 342 g/mol. The number of carbonyl (C=O) groups is 2. The highest BCUT2D eigenvalue weighted by atomic mass is 79.9. The Balaban J connectivity index is 4.95. The zero-order valence-electron chi connectivity index (χ0n) is 7.80. The minimum atomic E-state index is -1.96. The minimum absolute atomic E-state index is 0.725. The number of hydrogen-bond donors (Lipinski definition) is 0. The third kappa shape index (κ3) is 4.34. The lowest BCUT2D eigenvalue weighted by Gasteiger charge is -2.24. The Morgan fingerprint density at radius 1 is 1.13 bits per heavy atom. The number of ether oxygens (including phenoxy) is 2. The molecular formula is C7H8BrCl3O4. The molecule has 0 spiro atoms. The van der Waals surface area contributed by atoms with E-state index >= 15 is 0 Å². The summed E-state index contributed by atoms with van der Waals surface area (Å²) in [6, 6.07) is 0. The summed E-state index contributed by atoms with van der Waals surface area (Å²) in [6.07, 6.45) is 0. The molecule has 4 nitrogen and oxygen atoms in total. The van der Waals surface area contributed by atoms with Gasteiger partial charge in [0, 0.05) is 0 Å². The highest BCUT2D eigenvalue weighted by molar-refractivity contribution is 9.10. The second kappa shape index (κ2) is 6.13. The third-order valence-corrected chi connectivity index (χ3v) is 3.13. The fraction of sp³-hybridized carbons (Fsp3) is 0.714. The van der Waals surface area contributed by atoms with E-state index in [9.17, 15) is 9.59 Å². The molecule has 8 heteroatoms. The maximum atomic E-state index is 11.3. The zero-order chi connectivity index (χ0) is 12.2. The molecule has 88 valence electrons. The topological polar surface area (TPSA) is 52.6 Å². The van der Waals surface area contributed by atoms with Crippen molar-refractivity contribution in [1.82, 2.24) is 0 Å². The normalized spacial score (nSPS) is 15.3. The molecule has 0 aliphatic carbocycles. The Kier molecular flexibility index (Phi) is 6.25. The third-order valence-electron chi connectivity index (χ3n) is 1.53. The minimum Gasteiger partial charge on any atom is -0.469 e. The highest BCUT2D eigenvalue weighted by Gasteiger charge is 2.47. The van der Waals surface area contributed by atoms with E-state index in [-0.39, 0.29) is 0 Å². The van der Waals surface area contributed by atoms with Crippen molar-refractivity contribution in [3.05, 3.63) is 0 Å². The van der Waals surface area contributed by atoms with Gasteiger partial charge in [-0.1, -0.05) is 50.7 Å². The van der Waals surface area contributed by atoms with E-state index in [0.717, 1.165) is 14.2 Å². The van der Waals surface area contributed by atoms with E-state index in [0.29, 0.717) is 0 Å². The molecule has 0 amide bonds. The van der Waals surface area contributed by atoms with Crippen LogP contribution in [0.4, 0.5) is 0 Å². The van der Waals surface area contributed by atoms with Gasteiger partial charge in [0.15, 0.2) is 0 Å². The Morgan fingerprint density at radius 2 is 1.53 bits per heavy atom. The molecule has 0 aromatic rings. The van der Waals surface area contributed by atoms with Gasteiger partial charge in [0.05, 0.1) is 14.2 Å². The van der Waals surface area contributed by atoms with Crippen LogP contribution in [0.25, 0.3) is 0 Å². The fourth-order valence-corrected chi connectivity index (χ4v) is 2.70. The highest BCUT2D eigenvalue weighted by Crippen LogP contribution is 2.40. The second-order valence-electron chi connectivity index (χ2n) is 2.47. The van der Waals surface area contributed by atoms with Gasteiger partial charge in [0.2, 0.25) is 3.79 Å². The quantitative estimate of drug-likeness (QED) is 0.582. The molecule has 0 aliphatic rings. The van der Waals surface area contributed by atoms with E-state index < -0.39 is 26.5 Å². The molecule has 0 aromatic heterocycles. The summed E-state index contributed by atoms with van der Waals surface area (Å²) in [7, 11) is 2.28. The van der Waals surface area contributed by atoms with E-state index in [1.54, 1.807) is 0 Å². The monoisotopic (exact) mass is 340 g/mol. The molecule has 0 radical (unpaired) electrons. The van der Waals surface area contributed by atoms with Gasteiger partial charge in [-0.15, -0.1) is 0 Å². The van der Waals surface area contributed by atoms with Gasteiger partial charge in [-0.3, -0.25) is 9.59 Å². The lowest BCUT2D eigenvalue weighted by molar-refractivity contribution is -0.150. The van der Waals surface area contributed by atoms with Crippen LogP contribution in [0.15, 0.2) is 0 Å². The van der Waals surface area contributed by atoms with Crippen molar-refractivity contribution in [3.8, 4) is 0 Å². The van der Waals surface area contributed by atoms with Crippen molar-refractivity contribution in [2.45, 2.75) is 8.62 Å². The standard InChI is InChI=1S/C7H8BrCl3O4/c1-14-5(12)3(7(9,10)11)4(8)6(13)15-2/h3-4H,1-2H3/t3-,4+/m1/s1. The van der Waals surface area contributed by atoms with Crippen molar-refractivity contribution in [2.75, 3.05) is 14.2 Å². The lowest BCUT2D eigenvalue weighted by atomic mass is 10.1. The molecule has 0 aromatic carbocycles. The molecule has 0 saturated heterocycles.